The predicted molar refractivity (Wildman–Crippen MR) is 85.4 cm³/mol. The average Bonchev–Trinajstić information content (AvgIpc) is 2.47. The molecule has 4 nitrogen and oxygen atoms in total. The fraction of sp³-hybridized carbons (Fsp3) is 0.944. The molecule has 2 fully saturated rings. The first-order chi connectivity index (χ1) is 10.5. The summed E-state index contributed by atoms with van der Waals surface area (Å²) in [6.07, 6.45) is 6.31. The van der Waals surface area contributed by atoms with Crippen molar-refractivity contribution in [1.29, 1.82) is 0 Å². The van der Waals surface area contributed by atoms with Crippen LogP contribution in [0.3, 0.4) is 0 Å². The highest BCUT2D eigenvalue weighted by Gasteiger charge is 2.32. The maximum absolute atomic E-state index is 12.0. The van der Waals surface area contributed by atoms with Crippen LogP contribution in [-0.4, -0.2) is 36.0 Å². The van der Waals surface area contributed by atoms with E-state index in [1.807, 2.05) is 0 Å². The number of ether oxygens (including phenoxy) is 2. The first-order valence-corrected chi connectivity index (χ1v) is 8.96. The molecule has 0 saturated heterocycles. The molecule has 1 N–H and O–H groups in total. The number of rotatable bonds is 5. The van der Waals surface area contributed by atoms with Gasteiger partial charge in [-0.3, -0.25) is 0 Å². The van der Waals surface area contributed by atoms with E-state index in [4.69, 9.17) is 9.47 Å². The number of hydrogen-bond donors (Lipinski definition) is 1. The van der Waals surface area contributed by atoms with Crippen molar-refractivity contribution in [2.24, 2.45) is 17.8 Å². The van der Waals surface area contributed by atoms with Crippen LogP contribution in [0.15, 0.2) is 0 Å². The summed E-state index contributed by atoms with van der Waals surface area (Å²) in [6, 6.07) is 0. The molecule has 0 bridgehead atoms. The van der Waals surface area contributed by atoms with Gasteiger partial charge in [0.1, 0.15) is 12.7 Å². The van der Waals surface area contributed by atoms with Gasteiger partial charge in [-0.25, -0.2) is 4.79 Å². The second-order valence-electron chi connectivity index (χ2n) is 7.56. The molecular weight excluding hydrogens is 280 g/mol. The largest absolute Gasteiger partial charge is 0.458 e. The Morgan fingerprint density at radius 3 is 2.55 bits per heavy atom. The van der Waals surface area contributed by atoms with Gasteiger partial charge in [-0.15, -0.1) is 0 Å². The van der Waals surface area contributed by atoms with Crippen molar-refractivity contribution in [3.05, 3.63) is 0 Å². The van der Waals surface area contributed by atoms with Crippen molar-refractivity contribution in [3.63, 3.8) is 0 Å². The van der Waals surface area contributed by atoms with Gasteiger partial charge in [0, 0.05) is 0 Å². The fourth-order valence-electron chi connectivity index (χ4n) is 3.90. The molecule has 0 aliphatic heterocycles. The third-order valence-electron chi connectivity index (χ3n) is 5.33. The average molecular weight is 312 g/mol. The number of esters is 1. The molecule has 0 radical (unpaired) electrons. The van der Waals surface area contributed by atoms with Crippen molar-refractivity contribution < 1.29 is 19.4 Å². The van der Waals surface area contributed by atoms with Crippen LogP contribution < -0.4 is 0 Å². The van der Waals surface area contributed by atoms with Crippen LogP contribution in [-0.2, 0) is 14.3 Å². The summed E-state index contributed by atoms with van der Waals surface area (Å²) in [7, 11) is 0. The van der Waals surface area contributed by atoms with E-state index >= 15 is 0 Å². The molecule has 5 unspecified atom stereocenters. The Hall–Kier alpha value is -0.610. The van der Waals surface area contributed by atoms with Crippen molar-refractivity contribution in [2.75, 3.05) is 6.61 Å². The summed E-state index contributed by atoms with van der Waals surface area (Å²) in [6.45, 7) is 6.73. The van der Waals surface area contributed by atoms with E-state index in [1.54, 1.807) is 0 Å². The first-order valence-electron chi connectivity index (χ1n) is 8.96. The second kappa shape index (κ2) is 8.30. The first kappa shape index (κ1) is 17.7. The van der Waals surface area contributed by atoms with Gasteiger partial charge in [-0.2, -0.15) is 0 Å². The lowest BCUT2D eigenvalue weighted by atomic mass is 9.75. The number of hydrogen-bond acceptors (Lipinski definition) is 4. The molecule has 0 aromatic carbocycles. The Morgan fingerprint density at radius 2 is 1.86 bits per heavy atom. The summed E-state index contributed by atoms with van der Waals surface area (Å²) >= 11 is 0. The molecule has 4 heteroatoms. The zero-order valence-corrected chi connectivity index (χ0v) is 14.3. The molecule has 2 aliphatic rings. The summed E-state index contributed by atoms with van der Waals surface area (Å²) in [5.41, 5.74) is 0. The monoisotopic (exact) mass is 312 g/mol. The molecule has 22 heavy (non-hydrogen) atoms. The Morgan fingerprint density at radius 1 is 1.14 bits per heavy atom. The van der Waals surface area contributed by atoms with Crippen molar-refractivity contribution in [2.45, 2.75) is 84.0 Å². The Bertz CT molecular complexity index is 355. The number of aliphatic hydroxyl groups excluding tert-OH is 1. The maximum Gasteiger partial charge on any atom is 0.332 e. The van der Waals surface area contributed by atoms with Crippen LogP contribution in [0.4, 0.5) is 0 Å². The van der Waals surface area contributed by atoms with Gasteiger partial charge in [0.05, 0.1) is 12.2 Å². The Kier molecular flexibility index (Phi) is 6.69. The van der Waals surface area contributed by atoms with Crippen LogP contribution >= 0.6 is 0 Å². The van der Waals surface area contributed by atoms with Gasteiger partial charge in [-0.05, 0) is 49.9 Å². The number of carbonyl (C=O) groups is 1. The van der Waals surface area contributed by atoms with E-state index in [9.17, 15) is 9.90 Å². The maximum atomic E-state index is 12.0. The highest BCUT2D eigenvalue weighted by molar-refractivity contribution is 5.71. The molecule has 2 aliphatic carbocycles. The molecule has 0 aromatic heterocycles. The highest BCUT2D eigenvalue weighted by atomic mass is 16.6. The lowest BCUT2D eigenvalue weighted by molar-refractivity contribution is -0.167. The Labute approximate surface area is 134 Å². The molecule has 5 atom stereocenters. The molecular formula is C18H32O4. The van der Waals surface area contributed by atoms with Gasteiger partial charge in [0.2, 0.25) is 0 Å². The molecule has 2 saturated carbocycles. The topological polar surface area (TPSA) is 55.8 Å². The molecule has 128 valence electrons. The lowest BCUT2D eigenvalue weighted by Gasteiger charge is -2.37. The van der Waals surface area contributed by atoms with E-state index in [0.29, 0.717) is 17.8 Å². The van der Waals surface area contributed by atoms with Crippen LogP contribution in [0.5, 0.6) is 0 Å². The van der Waals surface area contributed by atoms with Crippen molar-refractivity contribution in [3.8, 4) is 0 Å². The van der Waals surface area contributed by atoms with Crippen molar-refractivity contribution >= 4 is 5.97 Å². The highest BCUT2D eigenvalue weighted by Crippen LogP contribution is 2.35. The van der Waals surface area contributed by atoms with Crippen LogP contribution in [0.25, 0.3) is 0 Å². The standard InChI is InChI=1S/C18H32O4/c1-12(2)14-9-8-13(3)10-17(14)21-11-18(20)22-16-7-5-4-6-15(16)19/h12-17,19H,4-11H2,1-3H3. The van der Waals surface area contributed by atoms with Crippen LogP contribution in [0.2, 0.25) is 0 Å². The van der Waals surface area contributed by atoms with E-state index in [1.165, 1.54) is 12.8 Å². The minimum atomic E-state index is -0.504. The van der Waals surface area contributed by atoms with Gasteiger partial charge < -0.3 is 14.6 Å². The van der Waals surface area contributed by atoms with Crippen LogP contribution in [0, 0.1) is 17.8 Å². The van der Waals surface area contributed by atoms with Gasteiger partial charge >= 0.3 is 5.97 Å². The third kappa shape index (κ3) is 4.95. The van der Waals surface area contributed by atoms with E-state index in [0.717, 1.165) is 32.1 Å². The van der Waals surface area contributed by atoms with Crippen LogP contribution in [0.1, 0.15) is 65.7 Å². The van der Waals surface area contributed by atoms with E-state index in [-0.39, 0.29) is 24.8 Å². The zero-order valence-electron chi connectivity index (χ0n) is 14.3. The molecule has 0 amide bonds. The smallest absolute Gasteiger partial charge is 0.332 e. The number of carbonyl (C=O) groups excluding carboxylic acids is 1. The lowest BCUT2D eigenvalue weighted by Crippen LogP contribution is -2.38. The molecule has 0 spiro atoms. The quantitative estimate of drug-likeness (QED) is 0.791. The summed E-state index contributed by atoms with van der Waals surface area (Å²) in [5.74, 6) is 1.45. The minimum absolute atomic E-state index is 0.0177. The van der Waals surface area contributed by atoms with Crippen molar-refractivity contribution in [1.82, 2.24) is 0 Å². The molecule has 0 heterocycles. The number of aliphatic hydroxyl groups is 1. The van der Waals surface area contributed by atoms with Gasteiger partial charge in [0.15, 0.2) is 0 Å². The summed E-state index contributed by atoms with van der Waals surface area (Å²) < 4.78 is 11.3. The van der Waals surface area contributed by atoms with E-state index < -0.39 is 6.10 Å². The second-order valence-corrected chi connectivity index (χ2v) is 7.56. The normalized spacial score (nSPS) is 36.3. The van der Waals surface area contributed by atoms with E-state index in [2.05, 4.69) is 20.8 Å². The SMILES string of the molecule is CC1CCC(C(C)C)C(OCC(=O)OC2CCCCC2O)C1. The van der Waals surface area contributed by atoms with Gasteiger partial charge in [-0.1, -0.05) is 33.6 Å². The fourth-order valence-corrected chi connectivity index (χ4v) is 3.90. The molecule has 0 aromatic rings. The molecule has 2 rings (SSSR count). The Balaban J connectivity index is 1.78. The van der Waals surface area contributed by atoms with Gasteiger partial charge in [0.25, 0.3) is 0 Å². The summed E-state index contributed by atoms with van der Waals surface area (Å²) in [5, 5.41) is 9.87. The minimum Gasteiger partial charge on any atom is -0.458 e. The third-order valence-corrected chi connectivity index (χ3v) is 5.33. The summed E-state index contributed by atoms with van der Waals surface area (Å²) in [4.78, 5) is 12.0. The zero-order chi connectivity index (χ0) is 16.1. The predicted octanol–water partition coefficient (Wildman–Crippen LogP) is 3.31.